The zero-order valence-corrected chi connectivity index (χ0v) is 11.8. The van der Waals surface area contributed by atoms with Crippen molar-refractivity contribution in [2.45, 2.75) is 70.6 Å². The minimum absolute atomic E-state index is 0.0828. The normalized spacial score (nSPS) is 24.3. The molecule has 1 rings (SSSR count). The third kappa shape index (κ3) is 7.30. The number of carbonyl (C=O) groups excluding carboxylic acids is 1. The van der Waals surface area contributed by atoms with Crippen LogP contribution < -0.4 is 10.6 Å². The van der Waals surface area contributed by atoms with Gasteiger partial charge in [-0.15, -0.1) is 0 Å². The Kier molecular flexibility index (Phi) is 5.97. The van der Waals surface area contributed by atoms with E-state index in [1.807, 2.05) is 20.8 Å². The van der Waals surface area contributed by atoms with Gasteiger partial charge in [0.15, 0.2) is 0 Å². The van der Waals surface area contributed by atoms with Gasteiger partial charge in [0, 0.05) is 12.1 Å². The summed E-state index contributed by atoms with van der Waals surface area (Å²) in [7, 11) is 0. The van der Waals surface area contributed by atoms with Crippen molar-refractivity contribution in [3.63, 3.8) is 0 Å². The first kappa shape index (κ1) is 16.1. The molecule has 2 N–H and O–H groups in total. The molecule has 0 saturated heterocycles. The fourth-order valence-corrected chi connectivity index (χ4v) is 2.17. The molecule has 0 radical (unpaired) electrons. The minimum Gasteiger partial charge on any atom is -0.444 e. The van der Waals surface area contributed by atoms with Gasteiger partial charge in [-0.2, -0.15) is 0 Å². The molecule has 19 heavy (non-hydrogen) atoms. The van der Waals surface area contributed by atoms with Gasteiger partial charge in [-0.25, -0.2) is 13.6 Å². The molecule has 1 aliphatic rings. The van der Waals surface area contributed by atoms with E-state index in [2.05, 4.69) is 10.6 Å². The first-order valence-corrected chi connectivity index (χ1v) is 6.77. The molecule has 0 unspecified atom stereocenters. The maximum Gasteiger partial charge on any atom is 0.407 e. The van der Waals surface area contributed by atoms with Crippen molar-refractivity contribution in [2.75, 3.05) is 6.54 Å². The van der Waals surface area contributed by atoms with E-state index in [-0.39, 0.29) is 18.6 Å². The second-order valence-corrected chi connectivity index (χ2v) is 5.99. The van der Waals surface area contributed by atoms with Gasteiger partial charge in [-0.05, 0) is 46.5 Å². The van der Waals surface area contributed by atoms with Crippen molar-refractivity contribution in [1.82, 2.24) is 10.6 Å². The largest absolute Gasteiger partial charge is 0.444 e. The zero-order chi connectivity index (χ0) is 14.5. The predicted molar refractivity (Wildman–Crippen MR) is 69.4 cm³/mol. The molecule has 112 valence electrons. The van der Waals surface area contributed by atoms with E-state index in [9.17, 15) is 13.6 Å². The molecule has 0 atom stereocenters. The van der Waals surface area contributed by atoms with Crippen LogP contribution in [0.1, 0.15) is 46.5 Å². The third-order valence-electron chi connectivity index (χ3n) is 3.01. The fourth-order valence-electron chi connectivity index (χ4n) is 2.17. The summed E-state index contributed by atoms with van der Waals surface area (Å²) in [6.45, 7) is 5.20. The van der Waals surface area contributed by atoms with Crippen LogP contribution in [-0.2, 0) is 4.74 Å². The number of hydrogen-bond donors (Lipinski definition) is 2. The summed E-state index contributed by atoms with van der Waals surface area (Å²) in [4.78, 5) is 11.6. The lowest BCUT2D eigenvalue weighted by Crippen LogP contribution is -2.44. The Balaban J connectivity index is 2.21. The van der Waals surface area contributed by atoms with Crippen LogP contribution in [0.3, 0.4) is 0 Å². The summed E-state index contributed by atoms with van der Waals surface area (Å²) in [5.41, 5.74) is -0.500. The minimum atomic E-state index is -2.31. The second-order valence-electron chi connectivity index (χ2n) is 5.99. The number of hydrogen-bond acceptors (Lipinski definition) is 3. The van der Waals surface area contributed by atoms with E-state index < -0.39 is 18.1 Å². The molecule has 0 aromatic rings. The van der Waals surface area contributed by atoms with E-state index in [0.29, 0.717) is 0 Å². The molecule has 1 amide bonds. The van der Waals surface area contributed by atoms with Gasteiger partial charge in [0.1, 0.15) is 5.60 Å². The van der Waals surface area contributed by atoms with Gasteiger partial charge in [-0.1, -0.05) is 0 Å². The molecule has 6 heteroatoms. The quantitative estimate of drug-likeness (QED) is 0.831. The summed E-state index contributed by atoms with van der Waals surface area (Å²) in [5, 5.41) is 5.66. The van der Waals surface area contributed by atoms with E-state index >= 15 is 0 Å². The van der Waals surface area contributed by atoms with Crippen LogP contribution in [0.4, 0.5) is 13.6 Å². The van der Waals surface area contributed by atoms with Gasteiger partial charge in [0.2, 0.25) is 0 Å². The number of ether oxygens (including phenoxy) is 1. The van der Waals surface area contributed by atoms with Crippen LogP contribution in [0.2, 0.25) is 0 Å². The maximum atomic E-state index is 12.1. The number of nitrogens with one attached hydrogen (secondary N) is 2. The average molecular weight is 278 g/mol. The summed E-state index contributed by atoms with van der Waals surface area (Å²) in [5.74, 6) is 0. The molecule has 4 nitrogen and oxygen atoms in total. The Bertz CT molecular complexity index is 285. The SMILES string of the molecule is CC(C)(C)OC(=O)NC1CCC(NCC(F)F)CC1. The molecule has 0 aromatic carbocycles. The summed E-state index contributed by atoms with van der Waals surface area (Å²) in [6, 6.07) is 0.213. The van der Waals surface area contributed by atoms with E-state index in [4.69, 9.17) is 4.74 Å². The lowest BCUT2D eigenvalue weighted by molar-refractivity contribution is 0.0489. The number of alkyl halides is 2. The van der Waals surface area contributed by atoms with Crippen molar-refractivity contribution in [3.8, 4) is 0 Å². The third-order valence-corrected chi connectivity index (χ3v) is 3.01. The van der Waals surface area contributed by atoms with Gasteiger partial charge in [0.25, 0.3) is 6.43 Å². The molecule has 0 aliphatic heterocycles. The molecular weight excluding hydrogens is 254 g/mol. The Morgan fingerprint density at radius 3 is 2.21 bits per heavy atom. The van der Waals surface area contributed by atoms with Gasteiger partial charge in [-0.3, -0.25) is 0 Å². The Morgan fingerprint density at radius 1 is 1.21 bits per heavy atom. The van der Waals surface area contributed by atoms with E-state index in [1.54, 1.807) is 0 Å². The highest BCUT2D eigenvalue weighted by Gasteiger charge is 2.24. The highest BCUT2D eigenvalue weighted by Crippen LogP contribution is 2.19. The van der Waals surface area contributed by atoms with E-state index in [1.165, 1.54) is 0 Å². The summed E-state index contributed by atoms with van der Waals surface area (Å²) < 4.78 is 29.3. The highest BCUT2D eigenvalue weighted by atomic mass is 19.3. The smallest absolute Gasteiger partial charge is 0.407 e. The monoisotopic (exact) mass is 278 g/mol. The summed E-state index contributed by atoms with van der Waals surface area (Å²) >= 11 is 0. The molecule has 0 bridgehead atoms. The first-order valence-electron chi connectivity index (χ1n) is 6.77. The Hall–Kier alpha value is -0.910. The lowest BCUT2D eigenvalue weighted by atomic mass is 9.91. The molecule has 0 spiro atoms. The molecule has 1 aliphatic carbocycles. The highest BCUT2D eigenvalue weighted by molar-refractivity contribution is 5.68. The van der Waals surface area contributed by atoms with Crippen LogP contribution in [0.15, 0.2) is 0 Å². The van der Waals surface area contributed by atoms with E-state index in [0.717, 1.165) is 25.7 Å². The van der Waals surface area contributed by atoms with Crippen molar-refractivity contribution in [1.29, 1.82) is 0 Å². The standard InChI is InChI=1S/C13H24F2N2O2/c1-13(2,3)19-12(18)17-10-6-4-9(5-7-10)16-8-11(14)15/h9-11,16H,4-8H2,1-3H3,(H,17,18). The first-order chi connectivity index (χ1) is 8.76. The molecular formula is C13H24F2N2O2. The van der Waals surface area contributed by atoms with Gasteiger partial charge < -0.3 is 15.4 Å². The van der Waals surface area contributed by atoms with Crippen LogP contribution in [0.5, 0.6) is 0 Å². The second kappa shape index (κ2) is 7.03. The number of alkyl carbamates (subject to hydrolysis) is 1. The van der Waals surface area contributed by atoms with Crippen molar-refractivity contribution >= 4 is 6.09 Å². The zero-order valence-electron chi connectivity index (χ0n) is 11.8. The molecule has 0 aromatic heterocycles. The van der Waals surface area contributed by atoms with Crippen LogP contribution in [0, 0.1) is 0 Å². The maximum absolute atomic E-state index is 12.1. The molecule has 0 heterocycles. The van der Waals surface area contributed by atoms with Crippen LogP contribution in [0.25, 0.3) is 0 Å². The lowest BCUT2D eigenvalue weighted by Gasteiger charge is -2.30. The van der Waals surface area contributed by atoms with Gasteiger partial charge >= 0.3 is 6.09 Å². The van der Waals surface area contributed by atoms with Crippen LogP contribution in [-0.4, -0.2) is 36.7 Å². The number of rotatable bonds is 4. The fraction of sp³-hybridized carbons (Fsp3) is 0.923. The predicted octanol–water partition coefficient (Wildman–Crippen LogP) is 2.68. The Labute approximate surface area is 113 Å². The van der Waals surface area contributed by atoms with Crippen molar-refractivity contribution in [3.05, 3.63) is 0 Å². The van der Waals surface area contributed by atoms with Crippen LogP contribution >= 0.6 is 0 Å². The van der Waals surface area contributed by atoms with Crippen molar-refractivity contribution < 1.29 is 18.3 Å². The van der Waals surface area contributed by atoms with Crippen molar-refractivity contribution in [2.24, 2.45) is 0 Å². The average Bonchev–Trinajstić information content (AvgIpc) is 2.25. The molecule has 1 fully saturated rings. The summed E-state index contributed by atoms with van der Waals surface area (Å²) in [6.07, 6.45) is 0.467. The topological polar surface area (TPSA) is 50.4 Å². The number of amides is 1. The Morgan fingerprint density at radius 2 is 1.74 bits per heavy atom. The number of halogens is 2. The van der Waals surface area contributed by atoms with Gasteiger partial charge in [0.05, 0.1) is 6.54 Å². The molecule has 1 saturated carbocycles. The number of carbonyl (C=O) groups is 1.